The highest BCUT2D eigenvalue weighted by molar-refractivity contribution is 9.10. The van der Waals surface area contributed by atoms with Gasteiger partial charge in [0, 0.05) is 35.9 Å². The summed E-state index contributed by atoms with van der Waals surface area (Å²) >= 11 is 3.48. The molecule has 0 amide bonds. The van der Waals surface area contributed by atoms with Crippen molar-refractivity contribution < 1.29 is 9.84 Å². The molecule has 1 fully saturated rings. The molecule has 2 rings (SSSR count). The maximum Gasteiger partial charge on any atom is 0.0749 e. The molecule has 100 valence electrons. The van der Waals surface area contributed by atoms with E-state index >= 15 is 0 Å². The van der Waals surface area contributed by atoms with Gasteiger partial charge in [0.1, 0.15) is 0 Å². The van der Waals surface area contributed by atoms with Crippen molar-refractivity contribution in [3.8, 4) is 0 Å². The van der Waals surface area contributed by atoms with Crippen LogP contribution in [0, 0.1) is 0 Å². The fraction of sp³-hybridized carbons (Fsp3) is 0.571. The highest BCUT2D eigenvalue weighted by Gasteiger charge is 2.17. The first-order valence-electron chi connectivity index (χ1n) is 6.42. The summed E-state index contributed by atoms with van der Waals surface area (Å²) in [5.41, 5.74) is 2.03. The number of likely N-dealkylation sites (N-methyl/N-ethyl adjacent to an activating group) is 1. The SMILES string of the molecule is CN(CC1CCCCO1)c1cc(Br)ccc1CO. The Bertz CT molecular complexity index is 391. The van der Waals surface area contributed by atoms with E-state index in [0.717, 1.165) is 35.3 Å². The molecule has 1 aromatic carbocycles. The number of halogens is 1. The zero-order valence-electron chi connectivity index (χ0n) is 10.7. The van der Waals surface area contributed by atoms with Gasteiger partial charge in [0.05, 0.1) is 12.7 Å². The number of hydrogen-bond donors (Lipinski definition) is 1. The van der Waals surface area contributed by atoms with Crippen LogP contribution in [0.25, 0.3) is 0 Å². The number of rotatable bonds is 4. The molecule has 1 heterocycles. The van der Waals surface area contributed by atoms with Crippen molar-refractivity contribution in [2.45, 2.75) is 32.0 Å². The Balaban J connectivity index is 2.07. The Hall–Kier alpha value is -0.580. The van der Waals surface area contributed by atoms with Crippen LogP contribution in [0.4, 0.5) is 5.69 Å². The van der Waals surface area contributed by atoms with E-state index in [1.54, 1.807) is 0 Å². The van der Waals surface area contributed by atoms with Crippen molar-refractivity contribution in [1.29, 1.82) is 0 Å². The maximum absolute atomic E-state index is 9.39. The van der Waals surface area contributed by atoms with E-state index in [-0.39, 0.29) is 6.61 Å². The van der Waals surface area contributed by atoms with Gasteiger partial charge in [-0.3, -0.25) is 0 Å². The van der Waals surface area contributed by atoms with Crippen LogP contribution in [0.3, 0.4) is 0 Å². The summed E-state index contributed by atoms with van der Waals surface area (Å²) in [6.45, 7) is 1.83. The molecule has 0 spiro atoms. The summed E-state index contributed by atoms with van der Waals surface area (Å²) in [5, 5.41) is 9.39. The number of anilines is 1. The Morgan fingerprint density at radius 3 is 2.94 bits per heavy atom. The van der Waals surface area contributed by atoms with Crippen LogP contribution >= 0.6 is 15.9 Å². The minimum atomic E-state index is 0.0679. The van der Waals surface area contributed by atoms with Gasteiger partial charge in [-0.05, 0) is 31.4 Å². The summed E-state index contributed by atoms with van der Waals surface area (Å²) in [7, 11) is 2.05. The van der Waals surface area contributed by atoms with Crippen LogP contribution in [0.5, 0.6) is 0 Å². The molecular weight excluding hydrogens is 294 g/mol. The number of aliphatic hydroxyl groups excluding tert-OH is 1. The topological polar surface area (TPSA) is 32.7 Å². The van der Waals surface area contributed by atoms with E-state index in [9.17, 15) is 5.11 Å². The fourth-order valence-electron chi connectivity index (χ4n) is 2.38. The van der Waals surface area contributed by atoms with E-state index in [0.29, 0.717) is 6.10 Å². The van der Waals surface area contributed by atoms with E-state index < -0.39 is 0 Å². The molecule has 1 saturated heterocycles. The van der Waals surface area contributed by atoms with Gasteiger partial charge < -0.3 is 14.7 Å². The normalized spacial score (nSPS) is 19.8. The Kier molecular flexibility index (Phi) is 5.03. The number of hydrogen-bond acceptors (Lipinski definition) is 3. The molecule has 1 aliphatic heterocycles. The highest BCUT2D eigenvalue weighted by atomic mass is 79.9. The highest BCUT2D eigenvalue weighted by Crippen LogP contribution is 2.25. The van der Waals surface area contributed by atoms with Gasteiger partial charge in [0.15, 0.2) is 0 Å². The van der Waals surface area contributed by atoms with E-state index in [1.165, 1.54) is 12.8 Å². The van der Waals surface area contributed by atoms with Crippen molar-refractivity contribution >= 4 is 21.6 Å². The standard InChI is InChI=1S/C14H20BrNO2/c1-16(9-13-4-2-3-7-18-13)14-8-12(15)6-5-11(14)10-17/h5-6,8,13,17H,2-4,7,9-10H2,1H3. The predicted octanol–water partition coefficient (Wildman–Crippen LogP) is 2.95. The molecule has 0 aliphatic carbocycles. The number of nitrogens with zero attached hydrogens (tertiary/aromatic N) is 1. The molecule has 3 nitrogen and oxygen atoms in total. The van der Waals surface area contributed by atoms with Gasteiger partial charge in [-0.1, -0.05) is 22.0 Å². The quantitative estimate of drug-likeness (QED) is 0.927. The van der Waals surface area contributed by atoms with E-state index in [1.807, 2.05) is 18.2 Å². The first-order chi connectivity index (χ1) is 8.70. The second-order valence-electron chi connectivity index (χ2n) is 4.80. The van der Waals surface area contributed by atoms with Crippen molar-refractivity contribution in [3.05, 3.63) is 28.2 Å². The molecule has 0 radical (unpaired) electrons. The third kappa shape index (κ3) is 3.46. The molecule has 0 bridgehead atoms. The van der Waals surface area contributed by atoms with E-state index in [2.05, 4.69) is 27.9 Å². The van der Waals surface area contributed by atoms with Gasteiger partial charge in [-0.25, -0.2) is 0 Å². The Labute approximate surface area is 117 Å². The molecule has 1 aliphatic rings. The minimum absolute atomic E-state index is 0.0679. The predicted molar refractivity (Wildman–Crippen MR) is 76.9 cm³/mol. The molecule has 18 heavy (non-hydrogen) atoms. The average Bonchev–Trinajstić information content (AvgIpc) is 2.40. The molecule has 1 N–H and O–H groups in total. The fourth-order valence-corrected chi connectivity index (χ4v) is 2.73. The van der Waals surface area contributed by atoms with Crippen molar-refractivity contribution in [2.24, 2.45) is 0 Å². The number of ether oxygens (including phenoxy) is 1. The van der Waals surface area contributed by atoms with Crippen LogP contribution < -0.4 is 4.90 Å². The minimum Gasteiger partial charge on any atom is -0.392 e. The molecule has 0 aromatic heterocycles. The molecule has 1 atom stereocenters. The summed E-state index contributed by atoms with van der Waals surface area (Å²) in [5.74, 6) is 0. The summed E-state index contributed by atoms with van der Waals surface area (Å²) < 4.78 is 6.79. The van der Waals surface area contributed by atoms with Crippen molar-refractivity contribution in [2.75, 3.05) is 25.1 Å². The van der Waals surface area contributed by atoms with Gasteiger partial charge in [-0.15, -0.1) is 0 Å². The third-order valence-corrected chi connectivity index (χ3v) is 3.87. The number of benzene rings is 1. The van der Waals surface area contributed by atoms with Crippen molar-refractivity contribution in [3.63, 3.8) is 0 Å². The van der Waals surface area contributed by atoms with E-state index in [4.69, 9.17) is 4.74 Å². The maximum atomic E-state index is 9.39. The van der Waals surface area contributed by atoms with Crippen LogP contribution in [0.1, 0.15) is 24.8 Å². The average molecular weight is 314 g/mol. The van der Waals surface area contributed by atoms with Crippen LogP contribution in [-0.2, 0) is 11.3 Å². The summed E-state index contributed by atoms with van der Waals surface area (Å²) in [4.78, 5) is 2.17. The molecule has 1 unspecified atom stereocenters. The number of aliphatic hydroxyl groups is 1. The monoisotopic (exact) mass is 313 g/mol. The smallest absolute Gasteiger partial charge is 0.0749 e. The van der Waals surface area contributed by atoms with Crippen LogP contribution in [-0.4, -0.2) is 31.4 Å². The molecular formula is C14H20BrNO2. The van der Waals surface area contributed by atoms with Gasteiger partial charge >= 0.3 is 0 Å². The zero-order chi connectivity index (χ0) is 13.0. The lowest BCUT2D eigenvalue weighted by atomic mass is 10.1. The van der Waals surface area contributed by atoms with Gasteiger partial charge in [0.25, 0.3) is 0 Å². The second kappa shape index (κ2) is 6.55. The van der Waals surface area contributed by atoms with Crippen molar-refractivity contribution in [1.82, 2.24) is 0 Å². The lowest BCUT2D eigenvalue weighted by Gasteiger charge is -2.29. The second-order valence-corrected chi connectivity index (χ2v) is 5.72. The molecule has 1 aromatic rings. The largest absolute Gasteiger partial charge is 0.392 e. The van der Waals surface area contributed by atoms with Gasteiger partial charge in [0.2, 0.25) is 0 Å². The summed E-state index contributed by atoms with van der Waals surface area (Å²) in [6.07, 6.45) is 3.88. The van der Waals surface area contributed by atoms with Gasteiger partial charge in [-0.2, -0.15) is 0 Å². The zero-order valence-corrected chi connectivity index (χ0v) is 12.3. The Morgan fingerprint density at radius 2 is 2.28 bits per heavy atom. The molecule has 4 heteroatoms. The Morgan fingerprint density at radius 1 is 1.44 bits per heavy atom. The summed E-state index contributed by atoms with van der Waals surface area (Å²) in [6, 6.07) is 5.96. The van der Waals surface area contributed by atoms with Crippen LogP contribution in [0.15, 0.2) is 22.7 Å². The third-order valence-electron chi connectivity index (χ3n) is 3.38. The first kappa shape index (κ1) is 13.8. The first-order valence-corrected chi connectivity index (χ1v) is 7.22. The lowest BCUT2D eigenvalue weighted by molar-refractivity contribution is 0.0216. The molecule has 0 saturated carbocycles. The van der Waals surface area contributed by atoms with Crippen LogP contribution in [0.2, 0.25) is 0 Å². The lowest BCUT2D eigenvalue weighted by Crippen LogP contribution is -2.33.